The first-order valence-corrected chi connectivity index (χ1v) is 8.28. The average Bonchev–Trinajstić information content (AvgIpc) is 2.95. The van der Waals surface area contributed by atoms with E-state index in [1.54, 1.807) is 0 Å². The number of rotatable bonds is 3. The largest absolute Gasteiger partial charge is 0.322 e. The van der Waals surface area contributed by atoms with Crippen molar-refractivity contribution in [2.45, 2.75) is 38.6 Å². The second kappa shape index (κ2) is 5.91. The van der Waals surface area contributed by atoms with E-state index in [-0.39, 0.29) is 0 Å². The molecule has 3 heteroatoms. The Kier molecular flexibility index (Phi) is 3.63. The monoisotopic (exact) mass is 291 g/mol. The van der Waals surface area contributed by atoms with E-state index < -0.39 is 0 Å². The third-order valence-electron chi connectivity index (χ3n) is 4.71. The van der Waals surface area contributed by atoms with Crippen LogP contribution in [0, 0.1) is 5.92 Å². The van der Waals surface area contributed by atoms with Crippen LogP contribution >= 0.6 is 0 Å². The normalized spacial score (nSPS) is 16.2. The van der Waals surface area contributed by atoms with Gasteiger partial charge in [0.05, 0.1) is 11.0 Å². The van der Waals surface area contributed by atoms with Crippen LogP contribution in [-0.4, -0.2) is 14.5 Å². The van der Waals surface area contributed by atoms with Gasteiger partial charge in [0.1, 0.15) is 5.69 Å². The molecule has 1 aromatic carbocycles. The van der Waals surface area contributed by atoms with Gasteiger partial charge in [-0.2, -0.15) is 0 Å². The quantitative estimate of drug-likeness (QED) is 0.701. The van der Waals surface area contributed by atoms with Crippen LogP contribution in [0.3, 0.4) is 0 Å². The van der Waals surface area contributed by atoms with E-state index in [4.69, 9.17) is 4.98 Å². The molecule has 4 rings (SSSR count). The van der Waals surface area contributed by atoms with Crippen LogP contribution in [0.2, 0.25) is 0 Å². The van der Waals surface area contributed by atoms with Crippen molar-refractivity contribution in [1.82, 2.24) is 14.5 Å². The lowest BCUT2D eigenvalue weighted by Gasteiger charge is -2.23. The maximum atomic E-state index is 4.85. The summed E-state index contributed by atoms with van der Waals surface area (Å²) in [6.45, 7) is 1.06. The molecular weight excluding hydrogens is 270 g/mol. The summed E-state index contributed by atoms with van der Waals surface area (Å²) in [7, 11) is 0. The Hall–Kier alpha value is -2.16. The summed E-state index contributed by atoms with van der Waals surface area (Å²) >= 11 is 0. The summed E-state index contributed by atoms with van der Waals surface area (Å²) in [6.07, 6.45) is 8.67. The van der Waals surface area contributed by atoms with E-state index in [0.717, 1.165) is 29.5 Å². The maximum absolute atomic E-state index is 4.85. The Labute approximate surface area is 131 Å². The maximum Gasteiger partial charge on any atom is 0.159 e. The van der Waals surface area contributed by atoms with Gasteiger partial charge in [0.2, 0.25) is 0 Å². The molecule has 0 radical (unpaired) electrons. The van der Waals surface area contributed by atoms with Crippen molar-refractivity contribution in [3.05, 3.63) is 48.7 Å². The number of imidazole rings is 1. The van der Waals surface area contributed by atoms with Gasteiger partial charge in [0.25, 0.3) is 0 Å². The second-order valence-electron chi connectivity index (χ2n) is 6.25. The zero-order valence-electron chi connectivity index (χ0n) is 12.8. The third kappa shape index (κ3) is 2.52. The smallest absolute Gasteiger partial charge is 0.159 e. The van der Waals surface area contributed by atoms with Gasteiger partial charge >= 0.3 is 0 Å². The minimum Gasteiger partial charge on any atom is -0.322 e. The predicted octanol–water partition coefficient (Wildman–Crippen LogP) is 4.68. The molecular formula is C19H21N3. The lowest BCUT2D eigenvalue weighted by atomic mass is 9.89. The van der Waals surface area contributed by atoms with Crippen LogP contribution in [0.15, 0.2) is 48.7 Å². The van der Waals surface area contributed by atoms with E-state index in [9.17, 15) is 0 Å². The molecule has 0 atom stereocenters. The fraction of sp³-hybridized carbons (Fsp3) is 0.368. The standard InChI is InChI=1S/C19H21N3/c1-2-8-15(9-3-1)14-22-18-12-5-4-10-16(18)21-19(22)17-11-6-7-13-20-17/h4-7,10-13,15H,1-3,8-9,14H2. The van der Waals surface area contributed by atoms with Crippen molar-refractivity contribution >= 4 is 11.0 Å². The van der Waals surface area contributed by atoms with Crippen LogP contribution in [0.1, 0.15) is 32.1 Å². The second-order valence-corrected chi connectivity index (χ2v) is 6.25. The molecule has 0 bridgehead atoms. The van der Waals surface area contributed by atoms with Crippen LogP contribution in [0.5, 0.6) is 0 Å². The number of nitrogens with zero attached hydrogens (tertiary/aromatic N) is 3. The predicted molar refractivity (Wildman–Crippen MR) is 89.5 cm³/mol. The Morgan fingerprint density at radius 1 is 0.955 bits per heavy atom. The Balaban J connectivity index is 1.79. The molecule has 0 amide bonds. The van der Waals surface area contributed by atoms with Gasteiger partial charge in [-0.05, 0) is 43.0 Å². The number of hydrogen-bond donors (Lipinski definition) is 0. The highest BCUT2D eigenvalue weighted by Crippen LogP contribution is 2.29. The minimum atomic E-state index is 0.772. The Morgan fingerprint density at radius 3 is 2.59 bits per heavy atom. The molecule has 1 fully saturated rings. The molecule has 1 aliphatic carbocycles. The summed E-state index contributed by atoms with van der Waals surface area (Å²) in [5.74, 6) is 1.78. The minimum absolute atomic E-state index is 0.772. The molecule has 1 saturated carbocycles. The van der Waals surface area contributed by atoms with Gasteiger partial charge in [0, 0.05) is 12.7 Å². The number of para-hydroxylation sites is 2. The number of benzene rings is 1. The molecule has 2 aromatic heterocycles. The molecule has 0 aliphatic heterocycles. The lowest BCUT2D eigenvalue weighted by molar-refractivity contribution is 0.323. The van der Waals surface area contributed by atoms with Crippen molar-refractivity contribution in [3.8, 4) is 11.5 Å². The highest BCUT2D eigenvalue weighted by molar-refractivity contribution is 5.79. The van der Waals surface area contributed by atoms with Crippen LogP contribution in [-0.2, 0) is 6.54 Å². The summed E-state index contributed by atoms with van der Waals surface area (Å²) in [5.41, 5.74) is 3.27. The fourth-order valence-electron chi connectivity index (χ4n) is 3.58. The SMILES string of the molecule is c1ccc(-c2nc3ccccc3n2CC2CCCCC2)nc1. The third-order valence-corrected chi connectivity index (χ3v) is 4.71. The lowest BCUT2D eigenvalue weighted by Crippen LogP contribution is -2.15. The average molecular weight is 291 g/mol. The van der Waals surface area contributed by atoms with Crippen molar-refractivity contribution in [2.75, 3.05) is 0 Å². The first-order chi connectivity index (χ1) is 10.9. The molecule has 0 saturated heterocycles. The van der Waals surface area contributed by atoms with Gasteiger partial charge in [-0.15, -0.1) is 0 Å². The molecule has 3 aromatic rings. The summed E-state index contributed by atoms with van der Waals surface area (Å²) in [4.78, 5) is 9.36. The zero-order chi connectivity index (χ0) is 14.8. The van der Waals surface area contributed by atoms with Crippen molar-refractivity contribution in [2.24, 2.45) is 5.92 Å². The number of hydrogen-bond acceptors (Lipinski definition) is 2. The van der Waals surface area contributed by atoms with Gasteiger partial charge in [-0.25, -0.2) is 4.98 Å². The van der Waals surface area contributed by atoms with Crippen LogP contribution < -0.4 is 0 Å². The van der Waals surface area contributed by atoms with Crippen molar-refractivity contribution < 1.29 is 0 Å². The van der Waals surface area contributed by atoms with Gasteiger partial charge in [0.15, 0.2) is 5.82 Å². The number of fused-ring (bicyclic) bond motifs is 1. The summed E-state index contributed by atoms with van der Waals surface area (Å²) < 4.78 is 2.38. The van der Waals surface area contributed by atoms with Gasteiger partial charge < -0.3 is 4.57 Å². The molecule has 0 unspecified atom stereocenters. The fourth-order valence-corrected chi connectivity index (χ4v) is 3.58. The first kappa shape index (κ1) is 13.5. The number of pyridine rings is 1. The van der Waals surface area contributed by atoms with E-state index in [0.29, 0.717) is 0 Å². The first-order valence-electron chi connectivity index (χ1n) is 8.28. The molecule has 112 valence electrons. The van der Waals surface area contributed by atoms with Crippen LogP contribution in [0.25, 0.3) is 22.6 Å². The van der Waals surface area contributed by atoms with Crippen molar-refractivity contribution in [1.29, 1.82) is 0 Å². The van der Waals surface area contributed by atoms with Crippen LogP contribution in [0.4, 0.5) is 0 Å². The molecule has 3 nitrogen and oxygen atoms in total. The molecule has 22 heavy (non-hydrogen) atoms. The zero-order valence-corrected chi connectivity index (χ0v) is 12.8. The Morgan fingerprint density at radius 2 is 1.77 bits per heavy atom. The highest BCUT2D eigenvalue weighted by atomic mass is 15.1. The summed E-state index contributed by atoms with van der Waals surface area (Å²) in [5, 5.41) is 0. The number of aromatic nitrogens is 3. The van der Waals surface area contributed by atoms with E-state index >= 15 is 0 Å². The van der Waals surface area contributed by atoms with Crippen molar-refractivity contribution in [3.63, 3.8) is 0 Å². The van der Waals surface area contributed by atoms with Gasteiger partial charge in [-0.3, -0.25) is 4.98 Å². The molecule has 0 spiro atoms. The molecule has 0 N–H and O–H groups in total. The van der Waals surface area contributed by atoms with E-state index in [2.05, 4.69) is 39.9 Å². The van der Waals surface area contributed by atoms with Gasteiger partial charge in [-0.1, -0.05) is 37.5 Å². The molecule has 2 heterocycles. The van der Waals surface area contributed by atoms with E-state index in [1.807, 2.05) is 18.3 Å². The Bertz CT molecular complexity index is 755. The topological polar surface area (TPSA) is 30.7 Å². The molecule has 1 aliphatic rings. The van der Waals surface area contributed by atoms with E-state index in [1.165, 1.54) is 37.6 Å². The highest BCUT2D eigenvalue weighted by Gasteiger charge is 2.19. The summed E-state index contributed by atoms with van der Waals surface area (Å²) in [6, 6.07) is 14.5.